The van der Waals surface area contributed by atoms with E-state index in [0.29, 0.717) is 12.4 Å². The smallest absolute Gasteiger partial charge is 0.319 e. The molecule has 0 radical (unpaired) electrons. The molecular formula is C12H20N4O3. The number of hydrogen-bond donors (Lipinski definition) is 1. The van der Waals surface area contributed by atoms with E-state index in [1.807, 2.05) is 6.92 Å². The number of carbonyl (C=O) groups is 2. The molecule has 0 aromatic carbocycles. The first-order valence-corrected chi connectivity index (χ1v) is 6.21. The van der Waals surface area contributed by atoms with E-state index in [2.05, 4.69) is 15.0 Å². The number of anilines is 1. The van der Waals surface area contributed by atoms with Gasteiger partial charge in [-0.15, -0.1) is 0 Å². The van der Waals surface area contributed by atoms with Gasteiger partial charge in [-0.3, -0.25) is 4.79 Å². The Morgan fingerprint density at radius 2 is 2.16 bits per heavy atom. The lowest BCUT2D eigenvalue weighted by Gasteiger charge is -2.25. The second kappa shape index (κ2) is 7.40. The van der Waals surface area contributed by atoms with Crippen molar-refractivity contribution >= 4 is 17.8 Å². The van der Waals surface area contributed by atoms with Gasteiger partial charge in [0.15, 0.2) is 5.82 Å². The summed E-state index contributed by atoms with van der Waals surface area (Å²) in [6.07, 6.45) is 3.19. The van der Waals surface area contributed by atoms with Crippen LogP contribution in [0.15, 0.2) is 16.9 Å². The number of rotatable bonds is 6. The molecule has 3 amide bonds. The minimum absolute atomic E-state index is 0.00384. The van der Waals surface area contributed by atoms with Gasteiger partial charge in [0.05, 0.1) is 0 Å². The summed E-state index contributed by atoms with van der Waals surface area (Å²) in [5.41, 5.74) is 0. The Labute approximate surface area is 112 Å². The Hall–Kier alpha value is -2.05. The van der Waals surface area contributed by atoms with Gasteiger partial charge in [-0.2, -0.15) is 0 Å². The highest BCUT2D eigenvalue weighted by Gasteiger charge is 2.18. The van der Waals surface area contributed by atoms with Crippen molar-refractivity contribution in [2.75, 3.05) is 32.5 Å². The molecule has 0 saturated heterocycles. The Morgan fingerprint density at radius 3 is 2.68 bits per heavy atom. The zero-order valence-corrected chi connectivity index (χ0v) is 11.5. The maximum atomic E-state index is 11.9. The fourth-order valence-corrected chi connectivity index (χ4v) is 1.51. The molecule has 0 aliphatic rings. The molecule has 0 bridgehead atoms. The molecule has 0 unspecified atom stereocenters. The summed E-state index contributed by atoms with van der Waals surface area (Å²) >= 11 is 0. The zero-order chi connectivity index (χ0) is 14.3. The molecule has 0 atom stereocenters. The second-order valence-electron chi connectivity index (χ2n) is 4.38. The number of carbonyl (C=O) groups excluding carboxylic acids is 2. The minimum Gasteiger partial charge on any atom is -0.363 e. The molecule has 0 fully saturated rings. The second-order valence-corrected chi connectivity index (χ2v) is 4.38. The zero-order valence-electron chi connectivity index (χ0n) is 11.5. The van der Waals surface area contributed by atoms with E-state index < -0.39 is 0 Å². The van der Waals surface area contributed by atoms with Crippen molar-refractivity contribution in [2.24, 2.45) is 0 Å². The molecule has 0 saturated carbocycles. The number of hydrogen-bond acceptors (Lipinski definition) is 4. The van der Waals surface area contributed by atoms with Crippen molar-refractivity contribution in [1.82, 2.24) is 15.0 Å². The van der Waals surface area contributed by atoms with Crippen LogP contribution in [0.3, 0.4) is 0 Å². The van der Waals surface area contributed by atoms with Gasteiger partial charge in [-0.1, -0.05) is 18.5 Å². The van der Waals surface area contributed by atoms with Gasteiger partial charge in [0, 0.05) is 26.7 Å². The minimum atomic E-state index is -0.291. The highest BCUT2D eigenvalue weighted by atomic mass is 16.5. The molecule has 7 heteroatoms. The lowest BCUT2D eigenvalue weighted by Crippen LogP contribution is -2.44. The first kappa shape index (κ1) is 15.0. The van der Waals surface area contributed by atoms with Crippen molar-refractivity contribution in [3.05, 3.63) is 12.3 Å². The third-order valence-electron chi connectivity index (χ3n) is 2.47. The summed E-state index contributed by atoms with van der Waals surface area (Å²) in [7, 11) is 3.33. The average Bonchev–Trinajstić information content (AvgIpc) is 2.86. The SMILES string of the molecule is CCCCN(CC(=O)Nc1ccon1)C(=O)N(C)C. The van der Waals surface area contributed by atoms with Crippen LogP contribution >= 0.6 is 0 Å². The Bertz CT molecular complexity index is 403. The van der Waals surface area contributed by atoms with Gasteiger partial charge in [-0.25, -0.2) is 4.79 Å². The average molecular weight is 268 g/mol. The van der Waals surface area contributed by atoms with Crippen molar-refractivity contribution in [2.45, 2.75) is 19.8 Å². The molecule has 19 heavy (non-hydrogen) atoms. The van der Waals surface area contributed by atoms with Crippen LogP contribution in [0.2, 0.25) is 0 Å². The quantitative estimate of drug-likeness (QED) is 0.845. The molecule has 0 aliphatic carbocycles. The molecule has 1 aromatic heterocycles. The van der Waals surface area contributed by atoms with Gasteiger partial charge in [0.2, 0.25) is 5.91 Å². The predicted octanol–water partition coefficient (Wildman–Crippen LogP) is 1.40. The van der Waals surface area contributed by atoms with E-state index in [-0.39, 0.29) is 18.5 Å². The first-order valence-electron chi connectivity index (χ1n) is 6.21. The molecule has 1 aromatic rings. The number of amides is 3. The Balaban J connectivity index is 2.55. The van der Waals surface area contributed by atoms with Crippen LogP contribution in [0.1, 0.15) is 19.8 Å². The topological polar surface area (TPSA) is 78.7 Å². The summed E-state index contributed by atoms with van der Waals surface area (Å²) < 4.78 is 4.62. The third kappa shape index (κ3) is 4.99. The summed E-state index contributed by atoms with van der Waals surface area (Å²) in [5.74, 6) is 0.0537. The monoisotopic (exact) mass is 268 g/mol. The number of nitrogens with one attached hydrogen (secondary N) is 1. The van der Waals surface area contributed by atoms with E-state index in [0.717, 1.165) is 12.8 Å². The maximum absolute atomic E-state index is 11.9. The molecule has 1 heterocycles. The van der Waals surface area contributed by atoms with Gasteiger partial charge in [0.25, 0.3) is 0 Å². The molecule has 7 nitrogen and oxygen atoms in total. The molecule has 0 spiro atoms. The van der Waals surface area contributed by atoms with Crippen LogP contribution in [0, 0.1) is 0 Å². The standard InChI is InChI=1S/C12H20N4O3/c1-4-5-7-16(12(18)15(2)3)9-11(17)13-10-6-8-19-14-10/h6,8H,4-5,7,9H2,1-3H3,(H,13,14,17). The summed E-state index contributed by atoms with van der Waals surface area (Å²) in [4.78, 5) is 26.7. The van der Waals surface area contributed by atoms with Crippen LogP contribution in [-0.4, -0.2) is 54.1 Å². The largest absolute Gasteiger partial charge is 0.363 e. The van der Waals surface area contributed by atoms with Crippen molar-refractivity contribution in [1.29, 1.82) is 0 Å². The number of urea groups is 1. The van der Waals surface area contributed by atoms with Crippen LogP contribution in [0.5, 0.6) is 0 Å². The van der Waals surface area contributed by atoms with Gasteiger partial charge < -0.3 is 19.6 Å². The van der Waals surface area contributed by atoms with Gasteiger partial charge in [0.1, 0.15) is 12.8 Å². The third-order valence-corrected chi connectivity index (χ3v) is 2.47. The molecular weight excluding hydrogens is 248 g/mol. The Kier molecular flexibility index (Phi) is 5.84. The van der Waals surface area contributed by atoms with E-state index in [4.69, 9.17) is 0 Å². The highest BCUT2D eigenvalue weighted by molar-refractivity contribution is 5.93. The van der Waals surface area contributed by atoms with Gasteiger partial charge in [-0.05, 0) is 6.42 Å². The Morgan fingerprint density at radius 1 is 1.42 bits per heavy atom. The van der Waals surface area contributed by atoms with E-state index >= 15 is 0 Å². The molecule has 1 rings (SSSR count). The van der Waals surface area contributed by atoms with E-state index in [9.17, 15) is 9.59 Å². The van der Waals surface area contributed by atoms with E-state index in [1.165, 1.54) is 16.1 Å². The van der Waals surface area contributed by atoms with Crippen LogP contribution in [-0.2, 0) is 4.79 Å². The van der Waals surface area contributed by atoms with Crippen molar-refractivity contribution in [3.63, 3.8) is 0 Å². The normalized spacial score (nSPS) is 10.1. The van der Waals surface area contributed by atoms with Gasteiger partial charge >= 0.3 is 6.03 Å². The number of aromatic nitrogens is 1. The lowest BCUT2D eigenvalue weighted by atomic mass is 10.3. The summed E-state index contributed by atoms with van der Waals surface area (Å²) in [6.45, 7) is 2.59. The van der Waals surface area contributed by atoms with Crippen LogP contribution in [0.4, 0.5) is 10.6 Å². The predicted molar refractivity (Wildman–Crippen MR) is 70.7 cm³/mol. The fourth-order valence-electron chi connectivity index (χ4n) is 1.51. The highest BCUT2D eigenvalue weighted by Crippen LogP contribution is 2.03. The molecule has 1 N–H and O–H groups in total. The van der Waals surface area contributed by atoms with Crippen LogP contribution in [0.25, 0.3) is 0 Å². The first-order chi connectivity index (χ1) is 9.04. The van der Waals surface area contributed by atoms with E-state index in [1.54, 1.807) is 20.2 Å². The van der Waals surface area contributed by atoms with Crippen molar-refractivity contribution in [3.8, 4) is 0 Å². The fraction of sp³-hybridized carbons (Fsp3) is 0.583. The summed E-state index contributed by atoms with van der Waals surface area (Å²) in [6, 6.07) is 1.37. The number of unbranched alkanes of at least 4 members (excludes halogenated alkanes) is 1. The molecule has 0 aliphatic heterocycles. The van der Waals surface area contributed by atoms with Crippen LogP contribution < -0.4 is 5.32 Å². The lowest BCUT2D eigenvalue weighted by molar-refractivity contribution is -0.116. The maximum Gasteiger partial charge on any atom is 0.319 e. The molecule has 106 valence electrons. The number of nitrogens with zero attached hydrogens (tertiary/aromatic N) is 3. The summed E-state index contributed by atoms with van der Waals surface area (Å²) in [5, 5.41) is 6.15. The van der Waals surface area contributed by atoms with Crippen molar-refractivity contribution < 1.29 is 14.1 Å².